The molecule has 0 radical (unpaired) electrons. The Morgan fingerprint density at radius 3 is 2.14 bits per heavy atom. The fourth-order valence-corrected chi connectivity index (χ4v) is 3.16. The Morgan fingerprint density at radius 1 is 0.964 bits per heavy atom. The van der Waals surface area contributed by atoms with Gasteiger partial charge in [0.05, 0.1) is 0 Å². The van der Waals surface area contributed by atoms with Crippen molar-refractivity contribution < 1.29 is 14.3 Å². The Hall–Kier alpha value is -2.82. The molecule has 1 heterocycles. The first-order valence-electron chi connectivity index (χ1n) is 9.75. The number of nitrogens with zero attached hydrogens (tertiary/aromatic N) is 1. The Kier molecular flexibility index (Phi) is 6.02. The number of rotatable bonds is 5. The molecule has 1 saturated heterocycles. The van der Waals surface area contributed by atoms with Crippen molar-refractivity contribution in [1.29, 1.82) is 0 Å². The van der Waals surface area contributed by atoms with Gasteiger partial charge in [-0.1, -0.05) is 32.9 Å². The minimum absolute atomic E-state index is 0.0218. The smallest absolute Gasteiger partial charge is 0.260 e. The highest BCUT2D eigenvalue weighted by Crippen LogP contribution is 2.23. The first-order valence-corrected chi connectivity index (χ1v) is 9.75. The molecule has 0 atom stereocenters. The minimum Gasteiger partial charge on any atom is -0.484 e. The average Bonchev–Trinajstić information content (AvgIpc) is 3.21. The van der Waals surface area contributed by atoms with Gasteiger partial charge in [0.1, 0.15) is 5.75 Å². The quantitative estimate of drug-likeness (QED) is 0.844. The van der Waals surface area contributed by atoms with Gasteiger partial charge in [-0.05, 0) is 60.2 Å². The van der Waals surface area contributed by atoms with Crippen LogP contribution < -0.4 is 10.1 Å². The predicted molar refractivity (Wildman–Crippen MR) is 111 cm³/mol. The number of carbonyl (C=O) groups excluding carboxylic acids is 2. The molecule has 2 aromatic rings. The van der Waals surface area contributed by atoms with Crippen LogP contribution in [0, 0.1) is 0 Å². The maximum atomic E-state index is 12.4. The molecular weight excluding hydrogens is 352 g/mol. The second kappa shape index (κ2) is 8.46. The number of carbonyl (C=O) groups is 2. The van der Waals surface area contributed by atoms with Crippen molar-refractivity contribution in [2.75, 3.05) is 25.0 Å². The molecule has 0 spiro atoms. The summed E-state index contributed by atoms with van der Waals surface area (Å²) in [6.07, 6.45) is 2.14. The largest absolute Gasteiger partial charge is 0.484 e. The van der Waals surface area contributed by atoms with Gasteiger partial charge in [0.15, 0.2) is 6.61 Å². The van der Waals surface area contributed by atoms with E-state index in [4.69, 9.17) is 4.74 Å². The standard InChI is InChI=1S/C23H28N2O3/c1-23(2,3)18-8-6-17(7-9-18)22(27)24-19-10-12-20(13-11-19)28-16-21(26)25-14-4-5-15-25/h6-13H,4-5,14-16H2,1-3H3,(H,24,27). The van der Waals surface area contributed by atoms with Gasteiger partial charge in [-0.25, -0.2) is 0 Å². The molecule has 28 heavy (non-hydrogen) atoms. The fraction of sp³-hybridized carbons (Fsp3) is 0.391. The molecule has 2 amide bonds. The topological polar surface area (TPSA) is 58.6 Å². The molecule has 3 rings (SSSR count). The number of hydrogen-bond acceptors (Lipinski definition) is 3. The number of benzene rings is 2. The lowest BCUT2D eigenvalue weighted by atomic mass is 9.87. The number of hydrogen-bond donors (Lipinski definition) is 1. The first-order chi connectivity index (χ1) is 13.3. The monoisotopic (exact) mass is 380 g/mol. The summed E-state index contributed by atoms with van der Waals surface area (Å²) < 4.78 is 5.57. The van der Waals surface area contributed by atoms with Gasteiger partial charge in [-0.2, -0.15) is 0 Å². The van der Waals surface area contributed by atoms with E-state index in [-0.39, 0.29) is 23.8 Å². The molecule has 0 aliphatic carbocycles. The van der Waals surface area contributed by atoms with Crippen LogP contribution in [-0.4, -0.2) is 36.4 Å². The zero-order valence-electron chi connectivity index (χ0n) is 16.8. The highest BCUT2D eigenvalue weighted by atomic mass is 16.5. The number of nitrogens with one attached hydrogen (secondary N) is 1. The molecule has 5 nitrogen and oxygen atoms in total. The van der Waals surface area contributed by atoms with E-state index < -0.39 is 0 Å². The van der Waals surface area contributed by atoms with Gasteiger partial charge in [-0.15, -0.1) is 0 Å². The molecule has 1 N–H and O–H groups in total. The lowest BCUT2D eigenvalue weighted by Crippen LogP contribution is -2.32. The third-order valence-electron chi connectivity index (χ3n) is 4.95. The van der Waals surface area contributed by atoms with E-state index in [0.717, 1.165) is 25.9 Å². The summed E-state index contributed by atoms with van der Waals surface area (Å²) in [5.74, 6) is 0.479. The molecule has 1 aliphatic heterocycles. The molecule has 0 aromatic heterocycles. The maximum absolute atomic E-state index is 12.4. The molecule has 148 valence electrons. The molecular formula is C23H28N2O3. The third kappa shape index (κ3) is 5.12. The van der Waals surface area contributed by atoms with E-state index in [2.05, 4.69) is 26.1 Å². The zero-order valence-corrected chi connectivity index (χ0v) is 16.8. The Morgan fingerprint density at radius 2 is 1.57 bits per heavy atom. The van der Waals surface area contributed by atoms with Gasteiger partial charge in [-0.3, -0.25) is 9.59 Å². The van der Waals surface area contributed by atoms with E-state index >= 15 is 0 Å². The Bertz CT molecular complexity index is 814. The molecule has 1 fully saturated rings. The summed E-state index contributed by atoms with van der Waals surface area (Å²) in [4.78, 5) is 26.3. The van der Waals surface area contributed by atoms with Gasteiger partial charge >= 0.3 is 0 Å². The van der Waals surface area contributed by atoms with Crippen molar-refractivity contribution in [1.82, 2.24) is 4.90 Å². The molecule has 0 bridgehead atoms. The van der Waals surface area contributed by atoms with Crippen molar-refractivity contribution in [3.63, 3.8) is 0 Å². The summed E-state index contributed by atoms with van der Waals surface area (Å²) in [7, 11) is 0. The number of ether oxygens (including phenoxy) is 1. The highest BCUT2D eigenvalue weighted by molar-refractivity contribution is 6.04. The van der Waals surface area contributed by atoms with E-state index in [1.54, 1.807) is 24.3 Å². The number of amides is 2. The van der Waals surface area contributed by atoms with Gasteiger partial charge in [0.25, 0.3) is 11.8 Å². The second-order valence-corrected chi connectivity index (χ2v) is 8.18. The molecule has 0 saturated carbocycles. The Balaban J connectivity index is 1.53. The van der Waals surface area contributed by atoms with Crippen LogP contribution in [0.1, 0.15) is 49.5 Å². The van der Waals surface area contributed by atoms with Crippen LogP contribution in [0.15, 0.2) is 48.5 Å². The van der Waals surface area contributed by atoms with Crippen molar-refractivity contribution in [2.45, 2.75) is 39.0 Å². The van der Waals surface area contributed by atoms with E-state index in [1.165, 1.54) is 5.56 Å². The lowest BCUT2D eigenvalue weighted by molar-refractivity contribution is -0.132. The normalized spacial score (nSPS) is 14.0. The summed E-state index contributed by atoms with van der Waals surface area (Å²) in [6.45, 7) is 8.12. The fourth-order valence-electron chi connectivity index (χ4n) is 3.16. The lowest BCUT2D eigenvalue weighted by Gasteiger charge is -2.19. The van der Waals surface area contributed by atoms with Crippen LogP contribution in [-0.2, 0) is 10.2 Å². The second-order valence-electron chi connectivity index (χ2n) is 8.18. The molecule has 1 aliphatic rings. The maximum Gasteiger partial charge on any atom is 0.260 e. The summed E-state index contributed by atoms with van der Waals surface area (Å²) in [6, 6.07) is 14.7. The Labute approximate surface area is 166 Å². The van der Waals surface area contributed by atoms with Crippen molar-refractivity contribution in [3.8, 4) is 5.75 Å². The first kappa shape index (κ1) is 19.9. The van der Waals surface area contributed by atoms with Crippen LogP contribution in [0.25, 0.3) is 0 Å². The minimum atomic E-state index is -0.154. The molecule has 2 aromatic carbocycles. The van der Waals surface area contributed by atoms with Crippen LogP contribution in [0.5, 0.6) is 5.75 Å². The van der Waals surface area contributed by atoms with Crippen molar-refractivity contribution >= 4 is 17.5 Å². The van der Waals surface area contributed by atoms with Crippen LogP contribution in [0.3, 0.4) is 0 Å². The summed E-state index contributed by atoms with van der Waals surface area (Å²) in [5, 5.41) is 2.88. The number of likely N-dealkylation sites (tertiary alicyclic amines) is 1. The van der Waals surface area contributed by atoms with Crippen LogP contribution in [0.4, 0.5) is 5.69 Å². The van der Waals surface area contributed by atoms with Crippen molar-refractivity contribution in [3.05, 3.63) is 59.7 Å². The summed E-state index contributed by atoms with van der Waals surface area (Å²) in [5.41, 5.74) is 2.54. The van der Waals surface area contributed by atoms with Crippen LogP contribution >= 0.6 is 0 Å². The van der Waals surface area contributed by atoms with Gasteiger partial charge in [0.2, 0.25) is 0 Å². The average molecular weight is 380 g/mol. The van der Waals surface area contributed by atoms with Crippen LogP contribution in [0.2, 0.25) is 0 Å². The van der Waals surface area contributed by atoms with E-state index in [0.29, 0.717) is 17.0 Å². The molecule has 5 heteroatoms. The third-order valence-corrected chi connectivity index (χ3v) is 4.95. The zero-order chi connectivity index (χ0) is 20.1. The van der Waals surface area contributed by atoms with Crippen molar-refractivity contribution in [2.24, 2.45) is 0 Å². The number of anilines is 1. The van der Waals surface area contributed by atoms with Gasteiger partial charge in [0, 0.05) is 24.3 Å². The summed E-state index contributed by atoms with van der Waals surface area (Å²) >= 11 is 0. The van der Waals surface area contributed by atoms with Gasteiger partial charge < -0.3 is 15.0 Å². The molecule has 0 unspecified atom stereocenters. The van der Waals surface area contributed by atoms with E-state index in [9.17, 15) is 9.59 Å². The van der Waals surface area contributed by atoms with E-state index in [1.807, 2.05) is 29.2 Å². The SMILES string of the molecule is CC(C)(C)c1ccc(C(=O)Nc2ccc(OCC(=O)N3CCCC3)cc2)cc1. The highest BCUT2D eigenvalue weighted by Gasteiger charge is 2.18. The predicted octanol–water partition coefficient (Wildman–Crippen LogP) is 4.24.